The summed E-state index contributed by atoms with van der Waals surface area (Å²) in [5, 5.41) is 12.7. The maximum absolute atomic E-state index is 10.7. The number of benzene rings is 1. The summed E-state index contributed by atoms with van der Waals surface area (Å²) >= 11 is 1.68. The van der Waals surface area contributed by atoms with Crippen LogP contribution in [-0.4, -0.2) is 76.5 Å². The number of likely N-dealkylation sites (tertiary alicyclic amines) is 1. The SMILES string of the molecule is C=C(CN(C)C)C(O)N1CC(n2cc(-c3cc4cc(C)cc(OC)c4s3)c3c(N)ncnc32)C1. The van der Waals surface area contributed by atoms with E-state index in [0.29, 0.717) is 25.5 Å². The van der Waals surface area contributed by atoms with Gasteiger partial charge in [0.05, 0.1) is 23.2 Å². The number of fused-ring (bicyclic) bond motifs is 2. The van der Waals surface area contributed by atoms with Crippen molar-refractivity contribution in [1.29, 1.82) is 0 Å². The van der Waals surface area contributed by atoms with Crippen LogP contribution in [0.4, 0.5) is 5.82 Å². The minimum absolute atomic E-state index is 0.179. The fraction of sp³-hybridized carbons (Fsp3) is 0.360. The lowest BCUT2D eigenvalue weighted by atomic mass is 10.1. The average Bonchev–Trinajstić information content (AvgIpc) is 3.34. The number of nitrogen functional groups attached to an aromatic ring is 1. The van der Waals surface area contributed by atoms with E-state index in [1.165, 1.54) is 6.33 Å². The first-order chi connectivity index (χ1) is 16.3. The van der Waals surface area contributed by atoms with E-state index >= 15 is 0 Å². The van der Waals surface area contributed by atoms with E-state index in [-0.39, 0.29) is 6.04 Å². The van der Waals surface area contributed by atoms with Crippen LogP contribution in [-0.2, 0) is 0 Å². The summed E-state index contributed by atoms with van der Waals surface area (Å²) in [6.45, 7) is 8.19. The predicted molar refractivity (Wildman–Crippen MR) is 138 cm³/mol. The number of rotatable bonds is 7. The fourth-order valence-corrected chi connectivity index (χ4v) is 5.88. The Hall–Kier alpha value is -2.98. The molecule has 0 bridgehead atoms. The second kappa shape index (κ2) is 8.66. The van der Waals surface area contributed by atoms with E-state index in [4.69, 9.17) is 10.5 Å². The van der Waals surface area contributed by atoms with Crippen molar-refractivity contribution >= 4 is 38.3 Å². The fourth-order valence-electron chi connectivity index (χ4n) is 4.73. The van der Waals surface area contributed by atoms with Crippen molar-refractivity contribution in [2.75, 3.05) is 46.6 Å². The monoisotopic (exact) mass is 478 g/mol. The van der Waals surface area contributed by atoms with Gasteiger partial charge >= 0.3 is 0 Å². The smallest absolute Gasteiger partial charge is 0.146 e. The molecule has 9 heteroatoms. The lowest BCUT2D eigenvalue weighted by Crippen LogP contribution is -2.53. The van der Waals surface area contributed by atoms with E-state index in [1.807, 2.05) is 23.9 Å². The van der Waals surface area contributed by atoms with Gasteiger partial charge in [0, 0.05) is 36.3 Å². The predicted octanol–water partition coefficient (Wildman–Crippen LogP) is 3.51. The summed E-state index contributed by atoms with van der Waals surface area (Å²) in [5.74, 6) is 1.34. The zero-order chi connectivity index (χ0) is 24.1. The highest BCUT2D eigenvalue weighted by Gasteiger charge is 2.35. The number of nitrogens with zero attached hydrogens (tertiary/aromatic N) is 5. The summed E-state index contributed by atoms with van der Waals surface area (Å²) in [6, 6.07) is 6.59. The molecule has 0 saturated carbocycles. The summed E-state index contributed by atoms with van der Waals surface area (Å²) < 4.78 is 8.91. The van der Waals surface area contributed by atoms with E-state index in [2.05, 4.69) is 52.4 Å². The number of ether oxygens (including phenoxy) is 1. The molecular formula is C25H30N6O2S. The Morgan fingerprint density at radius 1 is 1.32 bits per heavy atom. The molecule has 178 valence electrons. The van der Waals surface area contributed by atoms with Crippen molar-refractivity contribution in [2.24, 2.45) is 0 Å². The highest BCUT2D eigenvalue weighted by atomic mass is 32.1. The number of likely N-dealkylation sites (N-methyl/N-ethyl adjacent to an activating group) is 1. The van der Waals surface area contributed by atoms with Crippen LogP contribution in [0.2, 0.25) is 0 Å². The number of nitrogens with two attached hydrogens (primary N) is 1. The molecule has 0 aliphatic carbocycles. The quantitative estimate of drug-likeness (QED) is 0.393. The first-order valence-corrected chi connectivity index (χ1v) is 12.0. The number of anilines is 1. The van der Waals surface area contributed by atoms with Crippen LogP contribution in [0.3, 0.4) is 0 Å². The first kappa shape index (κ1) is 22.8. The maximum atomic E-state index is 10.7. The minimum Gasteiger partial charge on any atom is -0.495 e. The van der Waals surface area contributed by atoms with Crippen LogP contribution in [0, 0.1) is 6.92 Å². The number of hydrogen-bond acceptors (Lipinski definition) is 8. The van der Waals surface area contributed by atoms with Gasteiger partial charge in [-0.25, -0.2) is 9.97 Å². The van der Waals surface area contributed by atoms with Gasteiger partial charge in [0.15, 0.2) is 0 Å². The van der Waals surface area contributed by atoms with Gasteiger partial charge in [-0.15, -0.1) is 11.3 Å². The number of aryl methyl sites for hydroxylation is 1. The normalized spacial score (nSPS) is 15.8. The second-order valence-electron chi connectivity index (χ2n) is 9.28. The van der Waals surface area contributed by atoms with Gasteiger partial charge in [-0.3, -0.25) is 4.90 Å². The highest BCUT2D eigenvalue weighted by molar-refractivity contribution is 7.22. The van der Waals surface area contributed by atoms with Gasteiger partial charge in [-0.1, -0.05) is 12.6 Å². The Labute approximate surface area is 202 Å². The summed E-state index contributed by atoms with van der Waals surface area (Å²) in [5.41, 5.74) is 10.1. The molecule has 1 aromatic carbocycles. The molecule has 4 heterocycles. The Kier molecular flexibility index (Phi) is 5.81. The molecule has 1 aliphatic heterocycles. The molecule has 0 spiro atoms. The zero-order valence-electron chi connectivity index (χ0n) is 19.9. The molecule has 1 saturated heterocycles. The molecule has 4 aromatic rings. The number of aliphatic hydroxyl groups is 1. The third-order valence-corrected chi connectivity index (χ3v) is 7.56. The van der Waals surface area contributed by atoms with Crippen molar-refractivity contribution in [2.45, 2.75) is 19.2 Å². The lowest BCUT2D eigenvalue weighted by molar-refractivity contribution is -0.0389. The Bertz CT molecular complexity index is 1390. The van der Waals surface area contributed by atoms with Gasteiger partial charge in [-0.05, 0) is 49.7 Å². The van der Waals surface area contributed by atoms with Crippen LogP contribution in [0.1, 0.15) is 11.6 Å². The molecular weight excluding hydrogens is 448 g/mol. The molecule has 3 aromatic heterocycles. The first-order valence-electron chi connectivity index (χ1n) is 11.2. The molecule has 1 unspecified atom stereocenters. The van der Waals surface area contributed by atoms with Gasteiger partial charge in [0.1, 0.15) is 29.8 Å². The van der Waals surface area contributed by atoms with E-state index in [0.717, 1.165) is 48.4 Å². The number of methoxy groups -OCH3 is 1. The van der Waals surface area contributed by atoms with Crippen molar-refractivity contribution in [3.8, 4) is 16.2 Å². The van der Waals surface area contributed by atoms with E-state index in [9.17, 15) is 5.11 Å². The van der Waals surface area contributed by atoms with Gasteiger partial charge < -0.3 is 25.0 Å². The summed E-state index contributed by atoms with van der Waals surface area (Å²) in [4.78, 5) is 14.0. The minimum atomic E-state index is -0.655. The van der Waals surface area contributed by atoms with Gasteiger partial charge in [0.25, 0.3) is 0 Å². The van der Waals surface area contributed by atoms with Crippen LogP contribution < -0.4 is 10.5 Å². The zero-order valence-corrected chi connectivity index (χ0v) is 20.8. The molecule has 1 aliphatic rings. The molecule has 1 atom stereocenters. The summed E-state index contributed by atoms with van der Waals surface area (Å²) in [7, 11) is 5.65. The molecule has 8 nitrogen and oxygen atoms in total. The van der Waals surface area contributed by atoms with Crippen molar-refractivity contribution in [3.05, 3.63) is 48.4 Å². The maximum Gasteiger partial charge on any atom is 0.146 e. The van der Waals surface area contributed by atoms with Crippen molar-refractivity contribution in [1.82, 2.24) is 24.3 Å². The van der Waals surface area contributed by atoms with Crippen molar-refractivity contribution in [3.63, 3.8) is 0 Å². The molecule has 1 fully saturated rings. The second-order valence-corrected chi connectivity index (χ2v) is 10.3. The number of aliphatic hydroxyl groups excluding tert-OH is 1. The Morgan fingerprint density at radius 2 is 2.09 bits per heavy atom. The van der Waals surface area contributed by atoms with E-state index < -0.39 is 6.23 Å². The molecule has 0 radical (unpaired) electrons. The number of aromatic nitrogens is 3. The Balaban J connectivity index is 1.51. The van der Waals surface area contributed by atoms with Crippen LogP contribution in [0.25, 0.3) is 31.6 Å². The molecule has 0 amide bonds. The molecule has 5 rings (SSSR count). The van der Waals surface area contributed by atoms with Crippen LogP contribution >= 0.6 is 11.3 Å². The van der Waals surface area contributed by atoms with E-state index in [1.54, 1.807) is 18.4 Å². The van der Waals surface area contributed by atoms with Gasteiger partial charge in [-0.2, -0.15) is 0 Å². The largest absolute Gasteiger partial charge is 0.495 e. The van der Waals surface area contributed by atoms with Gasteiger partial charge in [0.2, 0.25) is 0 Å². The van der Waals surface area contributed by atoms with Crippen LogP contribution in [0.5, 0.6) is 5.75 Å². The molecule has 34 heavy (non-hydrogen) atoms. The Morgan fingerprint density at radius 3 is 2.79 bits per heavy atom. The average molecular weight is 479 g/mol. The third-order valence-electron chi connectivity index (χ3n) is 6.36. The third kappa shape index (κ3) is 3.84. The summed E-state index contributed by atoms with van der Waals surface area (Å²) in [6.07, 6.45) is 2.99. The van der Waals surface area contributed by atoms with Crippen LogP contribution in [0.15, 0.2) is 42.9 Å². The van der Waals surface area contributed by atoms with Crippen molar-refractivity contribution < 1.29 is 9.84 Å². The highest BCUT2D eigenvalue weighted by Crippen LogP contribution is 2.44. The molecule has 3 N–H and O–H groups in total. The topological polar surface area (TPSA) is 92.7 Å². The standard InChI is InChI=1S/C25H30N6O2S/c1-14-6-16-8-20(34-22(16)19(7-14)33-5)18-12-31(24-21(18)23(26)27-13-28-24)17-10-30(11-17)25(32)15(2)9-29(3)4/h6-8,12-13,17,25,32H,2,9-11H2,1,3-5H3,(H2,26,27,28). The lowest BCUT2D eigenvalue weighted by Gasteiger charge is -2.43. The number of thiophene rings is 1. The number of hydrogen-bond donors (Lipinski definition) is 2.